The first-order valence-corrected chi connectivity index (χ1v) is 8.59. The molecule has 4 nitrogen and oxygen atoms in total. The third kappa shape index (κ3) is 5.85. The van der Waals surface area contributed by atoms with E-state index in [0.29, 0.717) is 17.5 Å². The van der Waals surface area contributed by atoms with Crippen molar-refractivity contribution < 1.29 is 9.47 Å². The summed E-state index contributed by atoms with van der Waals surface area (Å²) in [5, 5.41) is 0. The number of hydrogen-bond donors (Lipinski definition) is 1. The van der Waals surface area contributed by atoms with Gasteiger partial charge in [-0.05, 0) is 56.4 Å². The van der Waals surface area contributed by atoms with Gasteiger partial charge in [-0.15, -0.1) is 0 Å². The first kappa shape index (κ1) is 18.3. The minimum atomic E-state index is 0.112. The summed E-state index contributed by atoms with van der Waals surface area (Å²) in [6, 6.07) is 12.1. The van der Waals surface area contributed by atoms with Gasteiger partial charge in [0.2, 0.25) is 5.88 Å². The molecule has 0 aliphatic rings. The van der Waals surface area contributed by atoms with E-state index in [9.17, 15) is 0 Å². The van der Waals surface area contributed by atoms with Gasteiger partial charge in [-0.2, -0.15) is 0 Å². The fraction of sp³-hybridized carbons (Fsp3) is 0.450. The van der Waals surface area contributed by atoms with E-state index in [4.69, 9.17) is 15.2 Å². The van der Waals surface area contributed by atoms with Crippen LogP contribution in [0.15, 0.2) is 42.6 Å². The zero-order chi connectivity index (χ0) is 17.5. The van der Waals surface area contributed by atoms with Crippen molar-refractivity contribution in [2.75, 3.05) is 0 Å². The van der Waals surface area contributed by atoms with Crippen LogP contribution in [-0.2, 0) is 6.42 Å². The van der Waals surface area contributed by atoms with Crippen LogP contribution < -0.4 is 15.2 Å². The number of nitrogens with two attached hydrogens (primary N) is 1. The average Bonchev–Trinajstić information content (AvgIpc) is 2.55. The molecule has 2 rings (SSSR count). The predicted octanol–water partition coefficient (Wildman–Crippen LogP) is 4.58. The maximum absolute atomic E-state index is 6.10. The van der Waals surface area contributed by atoms with Crippen LogP contribution in [0.1, 0.15) is 39.7 Å². The van der Waals surface area contributed by atoms with Crippen LogP contribution in [0.25, 0.3) is 0 Å². The lowest BCUT2D eigenvalue weighted by Crippen LogP contribution is -2.26. The summed E-state index contributed by atoms with van der Waals surface area (Å²) in [7, 11) is 0. The molecule has 0 unspecified atom stereocenters. The number of pyridine rings is 1. The molecular formula is C20H28N2O2. The van der Waals surface area contributed by atoms with Gasteiger partial charge in [0.05, 0.1) is 12.3 Å². The third-order valence-corrected chi connectivity index (χ3v) is 3.85. The number of aryl methyl sites for hydroxylation is 1. The average molecular weight is 328 g/mol. The molecule has 2 N–H and O–H groups in total. The lowest BCUT2D eigenvalue weighted by molar-refractivity contribution is 0.232. The molecule has 4 heteroatoms. The summed E-state index contributed by atoms with van der Waals surface area (Å²) in [6.45, 7) is 8.27. The van der Waals surface area contributed by atoms with E-state index in [1.54, 1.807) is 6.20 Å². The molecule has 1 heterocycles. The third-order valence-electron chi connectivity index (χ3n) is 3.85. The molecule has 0 fully saturated rings. The molecule has 0 saturated carbocycles. The summed E-state index contributed by atoms with van der Waals surface area (Å²) < 4.78 is 11.3. The van der Waals surface area contributed by atoms with E-state index in [1.165, 1.54) is 5.56 Å². The smallest absolute Gasteiger partial charge is 0.213 e. The van der Waals surface area contributed by atoms with Crippen molar-refractivity contribution in [3.05, 3.63) is 48.2 Å². The van der Waals surface area contributed by atoms with Crippen molar-refractivity contribution in [3.8, 4) is 17.4 Å². The standard InChI is InChI=1S/C20H28N2O2/c1-14(2)19(21)11-7-16-5-8-17(9-6-16)24-18-10-12-20(22-13-18)23-15(3)4/h5-6,8-10,12-15,19H,7,11,21H2,1-4H3/t19-/m0/s1. The van der Waals surface area contributed by atoms with Crippen LogP contribution in [-0.4, -0.2) is 17.1 Å². The molecule has 0 saturated heterocycles. The Morgan fingerprint density at radius 1 is 0.958 bits per heavy atom. The molecule has 1 aromatic carbocycles. The van der Waals surface area contributed by atoms with Crippen LogP contribution in [0.4, 0.5) is 0 Å². The molecule has 130 valence electrons. The Labute approximate surface area is 145 Å². The van der Waals surface area contributed by atoms with Gasteiger partial charge in [0.25, 0.3) is 0 Å². The van der Waals surface area contributed by atoms with Crippen molar-refractivity contribution in [1.82, 2.24) is 4.98 Å². The Hall–Kier alpha value is -2.07. The van der Waals surface area contributed by atoms with Crippen LogP contribution in [0.2, 0.25) is 0 Å². The summed E-state index contributed by atoms with van der Waals surface area (Å²) in [5.41, 5.74) is 7.37. The Balaban J connectivity index is 1.89. The Bertz CT molecular complexity index is 607. The number of aromatic nitrogens is 1. The monoisotopic (exact) mass is 328 g/mol. The first-order valence-electron chi connectivity index (χ1n) is 8.59. The van der Waals surface area contributed by atoms with E-state index >= 15 is 0 Å². The first-order chi connectivity index (χ1) is 11.4. The largest absolute Gasteiger partial charge is 0.475 e. The topological polar surface area (TPSA) is 57.4 Å². The van der Waals surface area contributed by atoms with Crippen LogP contribution in [0, 0.1) is 5.92 Å². The van der Waals surface area contributed by atoms with Gasteiger partial charge in [0.1, 0.15) is 11.5 Å². The fourth-order valence-electron chi connectivity index (χ4n) is 2.27. The van der Waals surface area contributed by atoms with Crippen molar-refractivity contribution in [2.24, 2.45) is 11.7 Å². The minimum absolute atomic E-state index is 0.112. The molecule has 0 spiro atoms. The van der Waals surface area contributed by atoms with Crippen molar-refractivity contribution in [3.63, 3.8) is 0 Å². The number of rotatable bonds is 8. The lowest BCUT2D eigenvalue weighted by Gasteiger charge is -2.15. The van der Waals surface area contributed by atoms with Gasteiger partial charge in [-0.1, -0.05) is 26.0 Å². The quantitative estimate of drug-likeness (QED) is 0.771. The molecule has 2 aromatic rings. The van der Waals surface area contributed by atoms with Gasteiger partial charge in [-0.3, -0.25) is 0 Å². The normalized spacial score (nSPS) is 12.5. The van der Waals surface area contributed by atoms with Crippen LogP contribution >= 0.6 is 0 Å². The van der Waals surface area contributed by atoms with Gasteiger partial charge in [-0.25, -0.2) is 4.98 Å². The molecule has 24 heavy (non-hydrogen) atoms. The van der Waals surface area contributed by atoms with Gasteiger partial charge in [0, 0.05) is 12.1 Å². The molecular weight excluding hydrogens is 300 g/mol. The molecule has 1 aromatic heterocycles. The number of ether oxygens (including phenoxy) is 2. The lowest BCUT2D eigenvalue weighted by atomic mass is 9.98. The maximum Gasteiger partial charge on any atom is 0.213 e. The Morgan fingerprint density at radius 2 is 1.62 bits per heavy atom. The van der Waals surface area contributed by atoms with E-state index < -0.39 is 0 Å². The highest BCUT2D eigenvalue weighted by molar-refractivity contribution is 5.33. The van der Waals surface area contributed by atoms with Crippen LogP contribution in [0.3, 0.4) is 0 Å². The maximum atomic E-state index is 6.10. The Morgan fingerprint density at radius 3 is 2.17 bits per heavy atom. The zero-order valence-electron chi connectivity index (χ0n) is 15.0. The van der Waals surface area contributed by atoms with Gasteiger partial charge < -0.3 is 15.2 Å². The summed E-state index contributed by atoms with van der Waals surface area (Å²) >= 11 is 0. The molecule has 0 amide bonds. The second kappa shape index (κ2) is 8.69. The summed E-state index contributed by atoms with van der Waals surface area (Å²) in [4.78, 5) is 4.24. The fourth-order valence-corrected chi connectivity index (χ4v) is 2.27. The van der Waals surface area contributed by atoms with Crippen molar-refractivity contribution in [1.29, 1.82) is 0 Å². The SMILES string of the molecule is CC(C)Oc1ccc(Oc2ccc(CC[C@H](N)C(C)C)cc2)cn1. The molecule has 0 aliphatic heterocycles. The van der Waals surface area contributed by atoms with Crippen LogP contribution in [0.5, 0.6) is 17.4 Å². The molecule has 0 aliphatic carbocycles. The number of hydrogen-bond acceptors (Lipinski definition) is 4. The Kier molecular flexibility index (Phi) is 6.62. The van der Waals surface area contributed by atoms with Gasteiger partial charge >= 0.3 is 0 Å². The van der Waals surface area contributed by atoms with E-state index in [2.05, 4.69) is 31.0 Å². The highest BCUT2D eigenvalue weighted by Crippen LogP contribution is 2.23. The highest BCUT2D eigenvalue weighted by atomic mass is 16.5. The highest BCUT2D eigenvalue weighted by Gasteiger charge is 2.07. The molecule has 0 bridgehead atoms. The molecule has 1 atom stereocenters. The van der Waals surface area contributed by atoms with Crippen molar-refractivity contribution in [2.45, 2.75) is 52.7 Å². The predicted molar refractivity (Wildman–Crippen MR) is 97.7 cm³/mol. The number of benzene rings is 1. The zero-order valence-corrected chi connectivity index (χ0v) is 15.0. The summed E-state index contributed by atoms with van der Waals surface area (Å²) in [6.07, 6.45) is 3.77. The minimum Gasteiger partial charge on any atom is -0.475 e. The van der Waals surface area contributed by atoms with E-state index in [0.717, 1.165) is 18.6 Å². The van der Waals surface area contributed by atoms with E-state index in [-0.39, 0.29) is 12.1 Å². The van der Waals surface area contributed by atoms with Crippen molar-refractivity contribution >= 4 is 0 Å². The van der Waals surface area contributed by atoms with E-state index in [1.807, 2.05) is 38.1 Å². The second-order valence-corrected chi connectivity index (χ2v) is 6.69. The summed E-state index contributed by atoms with van der Waals surface area (Å²) in [5.74, 6) is 2.61. The second-order valence-electron chi connectivity index (χ2n) is 6.69. The molecule has 0 radical (unpaired) electrons. The van der Waals surface area contributed by atoms with Gasteiger partial charge in [0.15, 0.2) is 0 Å². The number of nitrogens with zero attached hydrogens (tertiary/aromatic N) is 1.